The molecule has 1 aliphatic carbocycles. The fraction of sp³-hybridized carbons (Fsp3) is 0.412. The molecular weight excluding hydrogens is 278 g/mol. The van der Waals surface area contributed by atoms with Crippen LogP contribution < -0.4 is 15.2 Å². The Morgan fingerprint density at radius 1 is 1.14 bits per heavy atom. The van der Waals surface area contributed by atoms with Crippen molar-refractivity contribution in [1.29, 1.82) is 0 Å². The van der Waals surface area contributed by atoms with Crippen molar-refractivity contribution in [3.05, 3.63) is 41.1 Å². The molecule has 1 heterocycles. The zero-order chi connectivity index (χ0) is 15.5. The van der Waals surface area contributed by atoms with Crippen LogP contribution in [0.4, 0.5) is 5.82 Å². The van der Waals surface area contributed by atoms with Gasteiger partial charge >= 0.3 is 0 Å². The second-order valence-electron chi connectivity index (χ2n) is 5.65. The van der Waals surface area contributed by atoms with Crippen LogP contribution in [-0.2, 0) is 6.42 Å². The Morgan fingerprint density at radius 3 is 2.59 bits per heavy atom. The number of aromatic nitrogens is 2. The molecule has 0 radical (unpaired) electrons. The summed E-state index contributed by atoms with van der Waals surface area (Å²) >= 11 is 0. The van der Waals surface area contributed by atoms with E-state index in [1.807, 2.05) is 24.3 Å². The Labute approximate surface area is 130 Å². The first kappa shape index (κ1) is 14.6. The van der Waals surface area contributed by atoms with Crippen LogP contribution in [0, 0.1) is 0 Å². The number of anilines is 1. The summed E-state index contributed by atoms with van der Waals surface area (Å²) in [6, 6.07) is 7.82. The molecule has 1 aromatic heterocycles. The lowest BCUT2D eigenvalue weighted by Crippen LogP contribution is -2.14. The molecule has 0 spiro atoms. The summed E-state index contributed by atoms with van der Waals surface area (Å²) < 4.78 is 10.7. The van der Waals surface area contributed by atoms with Gasteiger partial charge < -0.3 is 15.2 Å². The SMILES string of the molecule is COc1ccc(Cc2nnc(N)cc2C2CCC2)c(OC)c1. The molecule has 5 heteroatoms. The second kappa shape index (κ2) is 6.22. The molecule has 0 bridgehead atoms. The van der Waals surface area contributed by atoms with Crippen molar-refractivity contribution >= 4 is 5.82 Å². The lowest BCUT2D eigenvalue weighted by atomic mass is 9.79. The number of nitrogen functional groups attached to an aromatic ring is 1. The number of benzene rings is 1. The molecule has 0 saturated heterocycles. The summed E-state index contributed by atoms with van der Waals surface area (Å²) in [7, 11) is 3.31. The Morgan fingerprint density at radius 2 is 1.95 bits per heavy atom. The minimum Gasteiger partial charge on any atom is -0.497 e. The van der Waals surface area contributed by atoms with Crippen molar-refractivity contribution in [1.82, 2.24) is 10.2 Å². The third kappa shape index (κ3) is 2.84. The van der Waals surface area contributed by atoms with E-state index in [9.17, 15) is 0 Å². The van der Waals surface area contributed by atoms with Gasteiger partial charge in [-0.05, 0) is 36.5 Å². The van der Waals surface area contributed by atoms with E-state index >= 15 is 0 Å². The maximum absolute atomic E-state index is 5.82. The summed E-state index contributed by atoms with van der Waals surface area (Å²) in [6.07, 6.45) is 4.38. The summed E-state index contributed by atoms with van der Waals surface area (Å²) in [4.78, 5) is 0. The monoisotopic (exact) mass is 299 g/mol. The summed E-state index contributed by atoms with van der Waals surface area (Å²) in [6.45, 7) is 0. The van der Waals surface area contributed by atoms with Crippen molar-refractivity contribution in [2.45, 2.75) is 31.6 Å². The lowest BCUT2D eigenvalue weighted by molar-refractivity contribution is 0.391. The third-order valence-electron chi connectivity index (χ3n) is 4.32. The van der Waals surface area contributed by atoms with E-state index in [1.165, 1.54) is 24.8 Å². The molecule has 1 fully saturated rings. The highest BCUT2D eigenvalue weighted by Gasteiger charge is 2.24. The van der Waals surface area contributed by atoms with Crippen molar-refractivity contribution in [2.24, 2.45) is 0 Å². The normalized spacial score (nSPS) is 14.5. The molecule has 0 unspecified atom stereocenters. The van der Waals surface area contributed by atoms with Crippen molar-refractivity contribution in [3.63, 3.8) is 0 Å². The van der Waals surface area contributed by atoms with Crippen molar-refractivity contribution in [3.8, 4) is 11.5 Å². The fourth-order valence-corrected chi connectivity index (χ4v) is 2.84. The standard InChI is InChI=1S/C17H21N3O2/c1-21-13-7-6-12(16(9-13)22-2)8-15-14(11-4-3-5-11)10-17(18)20-19-15/h6-7,9-11H,3-5,8H2,1-2H3,(H2,18,20). The highest BCUT2D eigenvalue weighted by atomic mass is 16.5. The van der Waals surface area contributed by atoms with Gasteiger partial charge in [-0.1, -0.05) is 12.5 Å². The summed E-state index contributed by atoms with van der Waals surface area (Å²) in [5.74, 6) is 2.64. The van der Waals surface area contributed by atoms with E-state index in [0.717, 1.165) is 22.8 Å². The van der Waals surface area contributed by atoms with Crippen LogP contribution in [0.25, 0.3) is 0 Å². The van der Waals surface area contributed by atoms with Gasteiger partial charge in [0.05, 0.1) is 19.9 Å². The van der Waals surface area contributed by atoms with Gasteiger partial charge in [-0.25, -0.2) is 0 Å². The van der Waals surface area contributed by atoms with Gasteiger partial charge in [0, 0.05) is 18.1 Å². The van der Waals surface area contributed by atoms with Crippen molar-refractivity contribution < 1.29 is 9.47 Å². The van der Waals surface area contributed by atoms with Crippen LogP contribution >= 0.6 is 0 Å². The highest BCUT2D eigenvalue weighted by molar-refractivity contribution is 5.45. The van der Waals surface area contributed by atoms with Gasteiger partial charge in [0.2, 0.25) is 0 Å². The number of rotatable bonds is 5. The summed E-state index contributed by atoms with van der Waals surface area (Å²) in [5.41, 5.74) is 9.11. The zero-order valence-electron chi connectivity index (χ0n) is 13.0. The Kier molecular flexibility index (Phi) is 4.13. The first-order chi connectivity index (χ1) is 10.7. The Hall–Kier alpha value is -2.30. The van der Waals surface area contributed by atoms with Crippen LogP contribution in [0.5, 0.6) is 11.5 Å². The molecular formula is C17H21N3O2. The van der Waals surface area contributed by atoms with Gasteiger partial charge in [0.25, 0.3) is 0 Å². The lowest BCUT2D eigenvalue weighted by Gasteiger charge is -2.27. The van der Waals surface area contributed by atoms with Crippen LogP contribution in [0.1, 0.15) is 42.0 Å². The quantitative estimate of drug-likeness (QED) is 0.919. The maximum atomic E-state index is 5.82. The average molecular weight is 299 g/mol. The van der Waals surface area contributed by atoms with E-state index in [4.69, 9.17) is 15.2 Å². The van der Waals surface area contributed by atoms with E-state index in [2.05, 4.69) is 10.2 Å². The first-order valence-electron chi connectivity index (χ1n) is 7.54. The minimum absolute atomic E-state index is 0.493. The minimum atomic E-state index is 0.493. The molecule has 116 valence electrons. The number of ether oxygens (including phenoxy) is 2. The molecule has 3 rings (SSSR count). The second-order valence-corrected chi connectivity index (χ2v) is 5.65. The summed E-state index contributed by atoms with van der Waals surface area (Å²) in [5, 5.41) is 8.36. The fourth-order valence-electron chi connectivity index (χ4n) is 2.84. The molecule has 1 aromatic carbocycles. The molecule has 1 aliphatic rings. The topological polar surface area (TPSA) is 70.3 Å². The third-order valence-corrected chi connectivity index (χ3v) is 4.32. The number of nitrogens with two attached hydrogens (primary N) is 1. The number of hydrogen-bond donors (Lipinski definition) is 1. The predicted molar refractivity (Wildman–Crippen MR) is 85.4 cm³/mol. The predicted octanol–water partition coefficient (Wildman–Crippen LogP) is 2.93. The molecule has 0 atom stereocenters. The van der Waals surface area contributed by atoms with Gasteiger partial charge in [-0.2, -0.15) is 5.10 Å². The smallest absolute Gasteiger partial charge is 0.146 e. The average Bonchev–Trinajstić information content (AvgIpc) is 2.48. The Balaban J connectivity index is 1.93. The molecule has 0 amide bonds. The molecule has 0 aliphatic heterocycles. The van der Waals surface area contributed by atoms with Gasteiger partial charge in [0.1, 0.15) is 17.3 Å². The van der Waals surface area contributed by atoms with Gasteiger partial charge in [-0.3, -0.25) is 0 Å². The molecule has 5 nitrogen and oxygen atoms in total. The van der Waals surface area contributed by atoms with Gasteiger partial charge in [0.15, 0.2) is 0 Å². The Bertz CT molecular complexity index is 669. The van der Waals surface area contributed by atoms with Crippen LogP contribution in [-0.4, -0.2) is 24.4 Å². The van der Waals surface area contributed by atoms with Crippen LogP contribution in [0.2, 0.25) is 0 Å². The molecule has 22 heavy (non-hydrogen) atoms. The number of nitrogens with zero attached hydrogens (tertiary/aromatic N) is 2. The van der Waals surface area contributed by atoms with Crippen LogP contribution in [0.15, 0.2) is 24.3 Å². The molecule has 2 N–H and O–H groups in total. The van der Waals surface area contributed by atoms with Crippen molar-refractivity contribution in [2.75, 3.05) is 20.0 Å². The van der Waals surface area contributed by atoms with E-state index in [0.29, 0.717) is 18.2 Å². The largest absolute Gasteiger partial charge is 0.497 e. The van der Waals surface area contributed by atoms with E-state index in [-0.39, 0.29) is 0 Å². The molecule has 1 saturated carbocycles. The van der Waals surface area contributed by atoms with E-state index in [1.54, 1.807) is 14.2 Å². The van der Waals surface area contributed by atoms with Crippen LogP contribution in [0.3, 0.4) is 0 Å². The van der Waals surface area contributed by atoms with E-state index < -0.39 is 0 Å². The number of methoxy groups -OCH3 is 2. The highest BCUT2D eigenvalue weighted by Crippen LogP contribution is 2.39. The first-order valence-corrected chi connectivity index (χ1v) is 7.54. The number of hydrogen-bond acceptors (Lipinski definition) is 5. The maximum Gasteiger partial charge on any atom is 0.146 e. The zero-order valence-corrected chi connectivity index (χ0v) is 13.0. The molecule has 2 aromatic rings. The van der Waals surface area contributed by atoms with Gasteiger partial charge in [-0.15, -0.1) is 5.10 Å².